The Labute approximate surface area is 204 Å². The molecule has 180 valence electrons. The molecule has 2 aliphatic rings. The van der Waals surface area contributed by atoms with Crippen LogP contribution in [-0.2, 0) is 20.7 Å². The van der Waals surface area contributed by atoms with E-state index < -0.39 is 0 Å². The van der Waals surface area contributed by atoms with Crippen LogP contribution in [0.4, 0.5) is 0 Å². The van der Waals surface area contributed by atoms with Crippen LogP contribution in [-0.4, -0.2) is 56.5 Å². The molecule has 0 radical (unpaired) electrons. The standard InChI is InChI=1S/C24H34N4O3S2/c1-3-31-23(30)18-11-13-27(14-12-18)22(29)17(2)33-24-26-25-21(16-20-10-7-15-32-20)28(24)19-8-5-4-6-9-19/h7,10,15,17-19H,3-6,8-9,11-14,16H2,1-2H3. The molecule has 1 atom stereocenters. The van der Waals surface area contributed by atoms with Crippen LogP contribution in [0.1, 0.15) is 75.5 Å². The van der Waals surface area contributed by atoms with E-state index in [0.29, 0.717) is 38.6 Å². The van der Waals surface area contributed by atoms with E-state index >= 15 is 0 Å². The molecule has 1 saturated heterocycles. The van der Waals surface area contributed by atoms with Gasteiger partial charge in [0, 0.05) is 30.4 Å². The average molecular weight is 491 g/mol. The molecule has 33 heavy (non-hydrogen) atoms. The number of piperidine rings is 1. The van der Waals surface area contributed by atoms with Crippen LogP contribution < -0.4 is 0 Å². The highest BCUT2D eigenvalue weighted by Gasteiger charge is 2.32. The number of rotatable bonds is 8. The highest BCUT2D eigenvalue weighted by atomic mass is 32.2. The number of carbonyl (C=O) groups excluding carboxylic acids is 2. The van der Waals surface area contributed by atoms with E-state index in [2.05, 4.69) is 32.3 Å². The predicted molar refractivity (Wildman–Crippen MR) is 131 cm³/mol. The average Bonchev–Trinajstić information content (AvgIpc) is 3.49. The first-order chi connectivity index (χ1) is 16.1. The number of esters is 1. The number of hydrogen-bond acceptors (Lipinski definition) is 7. The topological polar surface area (TPSA) is 77.3 Å². The Balaban J connectivity index is 1.42. The highest BCUT2D eigenvalue weighted by molar-refractivity contribution is 8.00. The van der Waals surface area contributed by atoms with Crippen molar-refractivity contribution in [1.82, 2.24) is 19.7 Å². The summed E-state index contributed by atoms with van der Waals surface area (Å²) < 4.78 is 7.47. The van der Waals surface area contributed by atoms with Gasteiger partial charge in [-0.1, -0.05) is 37.1 Å². The molecular weight excluding hydrogens is 456 g/mol. The summed E-state index contributed by atoms with van der Waals surface area (Å²) in [6.07, 6.45) is 8.17. The van der Waals surface area contributed by atoms with Crippen molar-refractivity contribution in [3.05, 3.63) is 28.2 Å². The van der Waals surface area contributed by atoms with Crippen molar-refractivity contribution in [2.24, 2.45) is 5.92 Å². The van der Waals surface area contributed by atoms with Crippen LogP contribution in [0.25, 0.3) is 0 Å². The molecular formula is C24H34N4O3S2. The molecule has 0 spiro atoms. The van der Waals surface area contributed by atoms with Crippen molar-refractivity contribution in [1.29, 1.82) is 0 Å². The molecule has 1 unspecified atom stereocenters. The number of aromatic nitrogens is 3. The van der Waals surface area contributed by atoms with Gasteiger partial charge in [0.15, 0.2) is 5.16 Å². The molecule has 9 heteroatoms. The summed E-state index contributed by atoms with van der Waals surface area (Å²) in [7, 11) is 0. The Hall–Kier alpha value is -1.87. The zero-order valence-electron chi connectivity index (χ0n) is 19.6. The van der Waals surface area contributed by atoms with Gasteiger partial charge in [0.05, 0.1) is 17.8 Å². The number of hydrogen-bond donors (Lipinski definition) is 0. The fourth-order valence-electron chi connectivity index (χ4n) is 4.84. The Morgan fingerprint density at radius 2 is 1.94 bits per heavy atom. The fourth-order valence-corrected chi connectivity index (χ4v) is 6.57. The second-order valence-electron chi connectivity index (χ2n) is 8.93. The summed E-state index contributed by atoms with van der Waals surface area (Å²) in [5.74, 6) is 0.888. The van der Waals surface area contributed by atoms with Gasteiger partial charge in [-0.15, -0.1) is 21.5 Å². The lowest BCUT2D eigenvalue weighted by Crippen LogP contribution is -2.43. The number of thiophene rings is 1. The lowest BCUT2D eigenvalue weighted by atomic mass is 9.95. The van der Waals surface area contributed by atoms with Crippen molar-refractivity contribution in [3.63, 3.8) is 0 Å². The fraction of sp³-hybridized carbons (Fsp3) is 0.667. The van der Waals surface area contributed by atoms with Gasteiger partial charge in [-0.25, -0.2) is 0 Å². The second kappa shape index (κ2) is 11.5. The number of likely N-dealkylation sites (tertiary alicyclic amines) is 1. The van der Waals surface area contributed by atoms with Gasteiger partial charge in [-0.3, -0.25) is 9.59 Å². The summed E-state index contributed by atoms with van der Waals surface area (Å²) in [5.41, 5.74) is 0. The Kier molecular flexibility index (Phi) is 8.46. The maximum absolute atomic E-state index is 13.2. The van der Waals surface area contributed by atoms with Gasteiger partial charge in [0.25, 0.3) is 0 Å². The smallest absolute Gasteiger partial charge is 0.309 e. The van der Waals surface area contributed by atoms with E-state index in [-0.39, 0.29) is 23.0 Å². The third-order valence-corrected chi connectivity index (χ3v) is 8.56. The maximum Gasteiger partial charge on any atom is 0.309 e. The third kappa shape index (κ3) is 5.98. The molecule has 2 aromatic rings. The van der Waals surface area contributed by atoms with E-state index in [1.807, 2.05) is 18.7 Å². The Morgan fingerprint density at radius 1 is 1.18 bits per heavy atom. The van der Waals surface area contributed by atoms with Gasteiger partial charge >= 0.3 is 5.97 Å². The molecule has 4 rings (SSSR count). The van der Waals surface area contributed by atoms with Crippen molar-refractivity contribution >= 4 is 35.0 Å². The number of carbonyl (C=O) groups is 2. The van der Waals surface area contributed by atoms with Gasteiger partial charge in [0.1, 0.15) is 5.82 Å². The predicted octanol–water partition coefficient (Wildman–Crippen LogP) is 4.72. The maximum atomic E-state index is 13.2. The summed E-state index contributed by atoms with van der Waals surface area (Å²) in [6, 6.07) is 4.63. The molecule has 0 aromatic carbocycles. The molecule has 1 amide bonds. The Morgan fingerprint density at radius 3 is 2.61 bits per heavy atom. The number of ether oxygens (including phenoxy) is 1. The lowest BCUT2D eigenvalue weighted by Gasteiger charge is -2.32. The molecule has 0 bridgehead atoms. The minimum absolute atomic E-state index is 0.0915. The van der Waals surface area contributed by atoms with Crippen LogP contribution in [0.2, 0.25) is 0 Å². The summed E-state index contributed by atoms with van der Waals surface area (Å²) in [5, 5.41) is 11.8. The summed E-state index contributed by atoms with van der Waals surface area (Å²) >= 11 is 3.27. The monoisotopic (exact) mass is 490 g/mol. The largest absolute Gasteiger partial charge is 0.466 e. The molecule has 1 aliphatic carbocycles. The highest BCUT2D eigenvalue weighted by Crippen LogP contribution is 2.35. The first-order valence-corrected chi connectivity index (χ1v) is 13.9. The van der Waals surface area contributed by atoms with E-state index in [9.17, 15) is 9.59 Å². The van der Waals surface area contributed by atoms with E-state index in [1.54, 1.807) is 11.3 Å². The minimum atomic E-state index is -0.245. The van der Waals surface area contributed by atoms with Crippen molar-refractivity contribution in [3.8, 4) is 0 Å². The van der Waals surface area contributed by atoms with Crippen LogP contribution in [0.5, 0.6) is 0 Å². The van der Waals surface area contributed by atoms with E-state index in [0.717, 1.165) is 30.2 Å². The molecule has 1 saturated carbocycles. The van der Waals surface area contributed by atoms with Crippen LogP contribution in [0.3, 0.4) is 0 Å². The number of amides is 1. The Bertz CT molecular complexity index is 916. The summed E-state index contributed by atoms with van der Waals surface area (Å²) in [6.45, 7) is 5.40. The number of thioether (sulfide) groups is 1. The molecule has 3 heterocycles. The zero-order chi connectivity index (χ0) is 23.2. The van der Waals surface area contributed by atoms with Crippen molar-refractivity contribution in [2.45, 2.75) is 81.7 Å². The number of nitrogens with zero attached hydrogens (tertiary/aromatic N) is 4. The quantitative estimate of drug-likeness (QED) is 0.394. The van der Waals surface area contributed by atoms with Gasteiger partial charge in [-0.05, 0) is 51.0 Å². The SMILES string of the molecule is CCOC(=O)C1CCN(C(=O)C(C)Sc2nnc(Cc3cccs3)n2C2CCCCC2)CC1. The first kappa shape index (κ1) is 24.3. The van der Waals surface area contributed by atoms with Crippen molar-refractivity contribution < 1.29 is 14.3 Å². The lowest BCUT2D eigenvalue weighted by molar-refractivity contribution is -0.151. The molecule has 0 N–H and O–H groups in total. The van der Waals surface area contributed by atoms with Gasteiger partial charge in [0.2, 0.25) is 5.91 Å². The summed E-state index contributed by atoms with van der Waals surface area (Å²) in [4.78, 5) is 28.4. The van der Waals surface area contributed by atoms with Gasteiger partial charge in [-0.2, -0.15) is 0 Å². The first-order valence-electron chi connectivity index (χ1n) is 12.1. The third-order valence-electron chi connectivity index (χ3n) is 6.64. The zero-order valence-corrected chi connectivity index (χ0v) is 21.2. The van der Waals surface area contributed by atoms with Gasteiger partial charge < -0.3 is 14.2 Å². The minimum Gasteiger partial charge on any atom is -0.466 e. The van der Waals surface area contributed by atoms with Crippen LogP contribution in [0.15, 0.2) is 22.7 Å². The van der Waals surface area contributed by atoms with Crippen LogP contribution >= 0.6 is 23.1 Å². The van der Waals surface area contributed by atoms with E-state index in [1.165, 1.54) is 35.9 Å². The molecule has 1 aliphatic heterocycles. The molecule has 2 aromatic heterocycles. The molecule has 7 nitrogen and oxygen atoms in total. The van der Waals surface area contributed by atoms with Crippen LogP contribution in [0, 0.1) is 5.92 Å². The van der Waals surface area contributed by atoms with Crippen molar-refractivity contribution in [2.75, 3.05) is 19.7 Å². The normalized spacial score (nSPS) is 18.9. The second-order valence-corrected chi connectivity index (χ2v) is 11.3. The molecule has 2 fully saturated rings. The van der Waals surface area contributed by atoms with E-state index in [4.69, 9.17) is 4.74 Å².